The molecule has 0 bridgehead atoms. The number of hydrogen-bond donors (Lipinski definition) is 0. The monoisotopic (exact) mass is 425 g/mol. The first-order valence-electron chi connectivity index (χ1n) is 8.74. The van der Waals surface area contributed by atoms with E-state index in [2.05, 4.69) is 5.10 Å². The van der Waals surface area contributed by atoms with Crippen molar-refractivity contribution in [3.8, 4) is 11.8 Å². The van der Waals surface area contributed by atoms with Gasteiger partial charge in [-0.1, -0.05) is 41.4 Å². The summed E-state index contributed by atoms with van der Waals surface area (Å²) in [6, 6.07) is 16.0. The molecule has 0 aliphatic rings. The van der Waals surface area contributed by atoms with Gasteiger partial charge < -0.3 is 4.74 Å². The normalized spacial score (nSPS) is 11.2. The van der Waals surface area contributed by atoms with Crippen LogP contribution in [0.5, 0.6) is 5.75 Å². The first kappa shape index (κ1) is 20.7. The zero-order valence-electron chi connectivity index (χ0n) is 15.8. The first-order chi connectivity index (χ1) is 13.9. The van der Waals surface area contributed by atoms with Crippen LogP contribution in [-0.4, -0.2) is 15.7 Å². The molecule has 1 heterocycles. The molecule has 0 aliphatic heterocycles. The molecule has 5 nitrogen and oxygen atoms in total. The molecule has 29 heavy (non-hydrogen) atoms. The van der Waals surface area contributed by atoms with Crippen LogP contribution in [0.3, 0.4) is 0 Å². The molecule has 0 amide bonds. The molecule has 0 saturated carbocycles. The standard InChI is InChI=1S/C22H17Cl2N3O2/c1-14-9-15(2)27(26-14)22(28)18(12-25)10-16-3-7-20(8-4-16)29-13-17-5-6-19(23)11-21(17)24/h3-11H,13H2,1-2H3/b18-10+. The van der Waals surface area contributed by atoms with E-state index >= 15 is 0 Å². The van der Waals surface area contributed by atoms with Crippen molar-refractivity contribution in [2.24, 2.45) is 0 Å². The van der Waals surface area contributed by atoms with Crippen LogP contribution in [0.15, 0.2) is 54.1 Å². The summed E-state index contributed by atoms with van der Waals surface area (Å²) in [4.78, 5) is 12.6. The van der Waals surface area contributed by atoms with Crippen molar-refractivity contribution in [1.29, 1.82) is 5.26 Å². The van der Waals surface area contributed by atoms with Crippen LogP contribution in [0.1, 0.15) is 27.3 Å². The number of hydrogen-bond acceptors (Lipinski definition) is 4. The van der Waals surface area contributed by atoms with E-state index < -0.39 is 5.91 Å². The van der Waals surface area contributed by atoms with Crippen molar-refractivity contribution in [3.63, 3.8) is 0 Å². The Morgan fingerprint density at radius 3 is 2.48 bits per heavy atom. The van der Waals surface area contributed by atoms with Crippen molar-refractivity contribution in [2.75, 3.05) is 0 Å². The second kappa shape index (κ2) is 8.95. The molecule has 0 aliphatic carbocycles. The van der Waals surface area contributed by atoms with Crippen LogP contribution in [-0.2, 0) is 6.61 Å². The van der Waals surface area contributed by atoms with Crippen molar-refractivity contribution in [1.82, 2.24) is 9.78 Å². The van der Waals surface area contributed by atoms with Gasteiger partial charge in [0.25, 0.3) is 5.91 Å². The summed E-state index contributed by atoms with van der Waals surface area (Å²) in [6.07, 6.45) is 1.53. The minimum absolute atomic E-state index is 0.00202. The second-order valence-electron chi connectivity index (χ2n) is 6.41. The van der Waals surface area contributed by atoms with Crippen LogP contribution in [0.25, 0.3) is 6.08 Å². The molecular weight excluding hydrogens is 409 g/mol. The summed E-state index contributed by atoms with van der Waals surface area (Å²) in [5, 5.41) is 14.6. The van der Waals surface area contributed by atoms with Gasteiger partial charge >= 0.3 is 0 Å². The predicted molar refractivity (Wildman–Crippen MR) is 113 cm³/mol. The van der Waals surface area contributed by atoms with Gasteiger partial charge in [-0.25, -0.2) is 4.68 Å². The van der Waals surface area contributed by atoms with Crippen molar-refractivity contribution >= 4 is 35.2 Å². The largest absolute Gasteiger partial charge is 0.489 e. The molecule has 0 fully saturated rings. The van der Waals surface area contributed by atoms with E-state index in [1.165, 1.54) is 10.8 Å². The minimum Gasteiger partial charge on any atom is -0.489 e. The number of nitriles is 1. The van der Waals surface area contributed by atoms with Gasteiger partial charge in [0.05, 0.1) is 5.69 Å². The predicted octanol–water partition coefficient (Wildman–Crippen LogP) is 5.63. The number of nitrogens with zero attached hydrogens (tertiary/aromatic N) is 3. The fourth-order valence-electron chi connectivity index (χ4n) is 2.72. The third-order valence-electron chi connectivity index (χ3n) is 4.15. The Kier molecular flexibility index (Phi) is 6.38. The Morgan fingerprint density at radius 2 is 1.90 bits per heavy atom. The molecule has 0 spiro atoms. The van der Waals surface area contributed by atoms with E-state index in [9.17, 15) is 10.1 Å². The number of benzene rings is 2. The van der Waals surface area contributed by atoms with Crippen LogP contribution in [0.4, 0.5) is 0 Å². The molecule has 1 aromatic heterocycles. The molecular formula is C22H17Cl2N3O2. The number of carbonyl (C=O) groups is 1. The molecule has 7 heteroatoms. The van der Waals surface area contributed by atoms with Crippen molar-refractivity contribution < 1.29 is 9.53 Å². The lowest BCUT2D eigenvalue weighted by molar-refractivity contribution is 0.0943. The maximum absolute atomic E-state index is 12.6. The van der Waals surface area contributed by atoms with E-state index in [4.69, 9.17) is 27.9 Å². The highest BCUT2D eigenvalue weighted by Crippen LogP contribution is 2.23. The maximum atomic E-state index is 12.6. The number of aromatic nitrogens is 2. The smallest absolute Gasteiger partial charge is 0.289 e. The van der Waals surface area contributed by atoms with E-state index in [0.29, 0.717) is 33.7 Å². The van der Waals surface area contributed by atoms with Gasteiger partial charge in [0, 0.05) is 21.3 Å². The van der Waals surface area contributed by atoms with Gasteiger partial charge in [0.2, 0.25) is 0 Å². The molecule has 2 aromatic carbocycles. The summed E-state index contributed by atoms with van der Waals surface area (Å²) in [5.74, 6) is 0.173. The van der Waals surface area contributed by atoms with Crippen LogP contribution in [0.2, 0.25) is 10.0 Å². The summed E-state index contributed by atoms with van der Waals surface area (Å²) in [6.45, 7) is 3.86. The van der Waals surface area contributed by atoms with Crippen molar-refractivity contribution in [2.45, 2.75) is 20.5 Å². The average Bonchev–Trinajstić information content (AvgIpc) is 3.04. The van der Waals surface area contributed by atoms with Gasteiger partial charge in [-0.2, -0.15) is 10.4 Å². The Bertz CT molecular complexity index is 1130. The number of carbonyl (C=O) groups excluding carboxylic acids is 1. The number of rotatable bonds is 5. The summed E-state index contributed by atoms with van der Waals surface area (Å²) >= 11 is 12.0. The van der Waals surface area contributed by atoms with E-state index in [1.54, 1.807) is 56.3 Å². The zero-order chi connectivity index (χ0) is 21.0. The van der Waals surface area contributed by atoms with E-state index in [1.807, 2.05) is 12.1 Å². The van der Waals surface area contributed by atoms with Crippen molar-refractivity contribution in [3.05, 3.63) is 86.7 Å². The Balaban J connectivity index is 1.72. The van der Waals surface area contributed by atoms with Gasteiger partial charge in [0.1, 0.15) is 24.0 Å². The molecule has 0 saturated heterocycles. The molecule has 3 aromatic rings. The SMILES string of the molecule is Cc1cc(C)n(C(=O)/C(C#N)=C/c2ccc(OCc3ccc(Cl)cc3Cl)cc2)n1. The second-order valence-corrected chi connectivity index (χ2v) is 7.25. The highest BCUT2D eigenvalue weighted by atomic mass is 35.5. The van der Waals surface area contributed by atoms with Crippen LogP contribution < -0.4 is 4.74 Å². The quantitative estimate of drug-likeness (QED) is 0.392. The highest BCUT2D eigenvalue weighted by Gasteiger charge is 2.15. The number of aryl methyl sites for hydroxylation is 2. The number of ether oxygens (including phenoxy) is 1. The zero-order valence-corrected chi connectivity index (χ0v) is 17.3. The molecule has 0 unspecified atom stereocenters. The fraction of sp³-hybridized carbons (Fsp3) is 0.136. The molecule has 0 radical (unpaired) electrons. The Hall–Kier alpha value is -3.07. The fourth-order valence-corrected chi connectivity index (χ4v) is 3.18. The van der Waals surface area contributed by atoms with Gasteiger partial charge in [-0.15, -0.1) is 0 Å². The first-order valence-corrected chi connectivity index (χ1v) is 9.49. The minimum atomic E-state index is -0.462. The Labute approximate surface area is 178 Å². The lowest BCUT2D eigenvalue weighted by Gasteiger charge is -2.08. The van der Waals surface area contributed by atoms with E-state index in [0.717, 1.165) is 11.3 Å². The average molecular weight is 426 g/mol. The molecule has 0 atom stereocenters. The van der Waals surface area contributed by atoms with Gasteiger partial charge in [-0.05, 0) is 55.8 Å². The molecule has 3 rings (SSSR count). The maximum Gasteiger partial charge on any atom is 0.289 e. The summed E-state index contributed by atoms with van der Waals surface area (Å²) < 4.78 is 6.97. The number of allylic oxidation sites excluding steroid dienone is 1. The van der Waals surface area contributed by atoms with Crippen LogP contribution in [0, 0.1) is 25.2 Å². The van der Waals surface area contributed by atoms with Crippen LogP contribution >= 0.6 is 23.2 Å². The lowest BCUT2D eigenvalue weighted by atomic mass is 10.1. The van der Waals surface area contributed by atoms with Gasteiger partial charge in [-0.3, -0.25) is 4.79 Å². The van der Waals surface area contributed by atoms with Gasteiger partial charge in [0.15, 0.2) is 0 Å². The highest BCUT2D eigenvalue weighted by molar-refractivity contribution is 6.35. The third kappa shape index (κ3) is 5.05. The molecule has 146 valence electrons. The Morgan fingerprint density at radius 1 is 1.17 bits per heavy atom. The number of halogens is 2. The topological polar surface area (TPSA) is 67.9 Å². The summed E-state index contributed by atoms with van der Waals surface area (Å²) in [5.41, 5.74) is 2.92. The summed E-state index contributed by atoms with van der Waals surface area (Å²) in [7, 11) is 0. The molecule has 0 N–H and O–H groups in total. The lowest BCUT2D eigenvalue weighted by Crippen LogP contribution is -2.15. The third-order valence-corrected chi connectivity index (χ3v) is 4.74. The van der Waals surface area contributed by atoms with E-state index in [-0.39, 0.29) is 5.57 Å².